The van der Waals surface area contributed by atoms with Gasteiger partial charge in [0, 0.05) is 5.56 Å². The molecule has 0 saturated carbocycles. The van der Waals surface area contributed by atoms with Crippen LogP contribution in [0.2, 0.25) is 0 Å². The van der Waals surface area contributed by atoms with E-state index in [1.54, 1.807) is 12.1 Å². The van der Waals surface area contributed by atoms with Crippen molar-refractivity contribution in [1.82, 2.24) is 0 Å². The molecule has 0 heterocycles. The number of hydrogen-bond acceptors (Lipinski definition) is 2. The highest BCUT2D eigenvalue weighted by molar-refractivity contribution is 5.72. The molecule has 0 spiro atoms. The Labute approximate surface area is 169 Å². The van der Waals surface area contributed by atoms with Gasteiger partial charge in [0.15, 0.2) is 0 Å². The van der Waals surface area contributed by atoms with E-state index in [9.17, 15) is 10.2 Å². The Morgan fingerprint density at radius 1 is 0.893 bits per heavy atom. The van der Waals surface area contributed by atoms with Gasteiger partial charge in [-0.25, -0.2) is 0 Å². The molecule has 2 aromatic rings. The second kappa shape index (κ2) is 10.4. The van der Waals surface area contributed by atoms with Gasteiger partial charge in [-0.15, -0.1) is 0 Å². The summed E-state index contributed by atoms with van der Waals surface area (Å²) < 4.78 is 0. The largest absolute Gasteiger partial charge is 0.508 e. The number of unbranched alkanes of at least 4 members (excludes halogenated alkanes) is 5. The van der Waals surface area contributed by atoms with E-state index in [4.69, 9.17) is 0 Å². The molecule has 1 atom stereocenters. The lowest BCUT2D eigenvalue weighted by molar-refractivity contribution is 0.463. The van der Waals surface area contributed by atoms with Crippen LogP contribution in [0.25, 0.3) is 5.57 Å². The standard InChI is InChI=1S/C26H34O2/c1-2-3-4-5-6-7-9-23-10-8-11-25(26(23)28)22-14-12-20(13-15-22)21-16-18-24(27)19-17-21/h8,10-11,14,16-20,27-28H,2-7,9,12-13,15H2,1H3. The van der Waals surface area contributed by atoms with Gasteiger partial charge in [-0.05, 0) is 66.9 Å². The SMILES string of the molecule is CCCCCCCCc1cccc(C2=CCC(c3ccc(O)cc3)CC2)c1O. The molecular formula is C26H34O2. The molecule has 0 radical (unpaired) electrons. The number of phenolic OH excluding ortho intramolecular Hbond substituents is 2. The number of aromatic hydroxyl groups is 2. The molecule has 0 saturated heterocycles. The van der Waals surface area contributed by atoms with Crippen LogP contribution in [0, 0.1) is 0 Å². The van der Waals surface area contributed by atoms with Crippen molar-refractivity contribution < 1.29 is 10.2 Å². The molecule has 2 N–H and O–H groups in total. The Balaban J connectivity index is 1.60. The van der Waals surface area contributed by atoms with Crippen LogP contribution in [-0.2, 0) is 6.42 Å². The third-order valence-electron chi connectivity index (χ3n) is 6.04. The molecule has 1 unspecified atom stereocenters. The van der Waals surface area contributed by atoms with Gasteiger partial charge in [-0.1, -0.05) is 75.4 Å². The van der Waals surface area contributed by atoms with E-state index in [1.807, 2.05) is 12.1 Å². The number of allylic oxidation sites excluding steroid dienone is 2. The van der Waals surface area contributed by atoms with Crippen molar-refractivity contribution in [2.75, 3.05) is 0 Å². The van der Waals surface area contributed by atoms with Crippen molar-refractivity contribution in [3.05, 3.63) is 65.2 Å². The molecular weight excluding hydrogens is 344 g/mol. The van der Waals surface area contributed by atoms with Crippen LogP contribution in [0.5, 0.6) is 11.5 Å². The maximum Gasteiger partial charge on any atom is 0.126 e. The summed E-state index contributed by atoms with van der Waals surface area (Å²) in [7, 11) is 0. The number of aryl methyl sites for hydroxylation is 1. The summed E-state index contributed by atoms with van der Waals surface area (Å²) >= 11 is 0. The minimum absolute atomic E-state index is 0.322. The molecule has 2 aromatic carbocycles. The van der Waals surface area contributed by atoms with Crippen molar-refractivity contribution in [1.29, 1.82) is 0 Å². The lowest BCUT2D eigenvalue weighted by atomic mass is 9.82. The van der Waals surface area contributed by atoms with Crippen molar-refractivity contribution in [3.63, 3.8) is 0 Å². The van der Waals surface area contributed by atoms with Gasteiger partial charge >= 0.3 is 0 Å². The summed E-state index contributed by atoms with van der Waals surface area (Å²) in [6, 6.07) is 13.8. The molecule has 0 bridgehead atoms. The maximum atomic E-state index is 10.8. The zero-order chi connectivity index (χ0) is 19.8. The van der Waals surface area contributed by atoms with Crippen LogP contribution in [0.1, 0.15) is 87.3 Å². The van der Waals surface area contributed by atoms with E-state index >= 15 is 0 Å². The summed E-state index contributed by atoms with van der Waals surface area (Å²) in [5.74, 6) is 1.31. The van der Waals surface area contributed by atoms with Crippen molar-refractivity contribution in [2.45, 2.75) is 77.0 Å². The highest BCUT2D eigenvalue weighted by Gasteiger charge is 2.19. The molecule has 1 aliphatic carbocycles. The topological polar surface area (TPSA) is 40.5 Å². The number of phenols is 2. The van der Waals surface area contributed by atoms with Gasteiger partial charge in [-0.2, -0.15) is 0 Å². The van der Waals surface area contributed by atoms with Crippen LogP contribution in [0.4, 0.5) is 0 Å². The number of benzene rings is 2. The first kappa shape index (κ1) is 20.5. The summed E-state index contributed by atoms with van der Waals surface area (Å²) in [4.78, 5) is 0. The fraction of sp³-hybridized carbons (Fsp3) is 0.462. The van der Waals surface area contributed by atoms with Crippen LogP contribution in [0.15, 0.2) is 48.5 Å². The Hall–Kier alpha value is -2.22. The first-order valence-electron chi connectivity index (χ1n) is 11.0. The molecule has 1 aliphatic rings. The van der Waals surface area contributed by atoms with Crippen molar-refractivity contribution in [2.24, 2.45) is 0 Å². The van der Waals surface area contributed by atoms with E-state index in [0.717, 1.165) is 43.2 Å². The summed E-state index contributed by atoms with van der Waals surface area (Å²) in [6.07, 6.45) is 14.0. The first-order valence-corrected chi connectivity index (χ1v) is 11.0. The Morgan fingerprint density at radius 2 is 1.64 bits per heavy atom. The normalized spacial score (nSPS) is 16.8. The number of hydrogen-bond donors (Lipinski definition) is 2. The Bertz CT molecular complexity index is 774. The molecule has 0 fully saturated rings. The average Bonchev–Trinajstić information content (AvgIpc) is 2.72. The third kappa shape index (κ3) is 5.41. The van der Waals surface area contributed by atoms with Crippen molar-refractivity contribution >= 4 is 5.57 Å². The van der Waals surface area contributed by atoms with E-state index in [-0.39, 0.29) is 0 Å². The van der Waals surface area contributed by atoms with Crippen LogP contribution in [-0.4, -0.2) is 10.2 Å². The van der Waals surface area contributed by atoms with Crippen molar-refractivity contribution in [3.8, 4) is 11.5 Å². The smallest absolute Gasteiger partial charge is 0.126 e. The second-order valence-corrected chi connectivity index (χ2v) is 8.12. The fourth-order valence-electron chi connectivity index (χ4n) is 4.28. The van der Waals surface area contributed by atoms with Gasteiger partial charge in [0.25, 0.3) is 0 Å². The molecule has 2 nitrogen and oxygen atoms in total. The molecule has 0 amide bonds. The van der Waals surface area contributed by atoms with Crippen LogP contribution < -0.4 is 0 Å². The van der Waals surface area contributed by atoms with E-state index in [0.29, 0.717) is 17.4 Å². The molecule has 3 rings (SSSR count). The predicted octanol–water partition coefficient (Wildman–Crippen LogP) is 7.35. The number of para-hydroxylation sites is 1. The minimum Gasteiger partial charge on any atom is -0.508 e. The third-order valence-corrected chi connectivity index (χ3v) is 6.04. The summed E-state index contributed by atoms with van der Waals surface area (Å²) in [6.45, 7) is 2.25. The molecule has 150 valence electrons. The monoisotopic (exact) mass is 378 g/mol. The Morgan fingerprint density at radius 3 is 2.36 bits per heavy atom. The zero-order valence-corrected chi connectivity index (χ0v) is 17.2. The van der Waals surface area contributed by atoms with Gasteiger partial charge in [0.2, 0.25) is 0 Å². The van der Waals surface area contributed by atoms with Crippen LogP contribution in [0.3, 0.4) is 0 Å². The Kier molecular flexibility index (Phi) is 7.59. The predicted molar refractivity (Wildman–Crippen MR) is 118 cm³/mol. The maximum absolute atomic E-state index is 10.8. The highest BCUT2D eigenvalue weighted by atomic mass is 16.3. The van der Waals surface area contributed by atoms with Gasteiger partial charge < -0.3 is 10.2 Å². The van der Waals surface area contributed by atoms with Gasteiger partial charge in [0.05, 0.1) is 0 Å². The molecule has 2 heteroatoms. The summed E-state index contributed by atoms with van der Waals surface area (Å²) in [5.41, 5.74) is 4.67. The lowest BCUT2D eigenvalue weighted by Gasteiger charge is -2.23. The van der Waals surface area contributed by atoms with Gasteiger partial charge in [0.1, 0.15) is 11.5 Å². The highest BCUT2D eigenvalue weighted by Crippen LogP contribution is 2.39. The first-order chi connectivity index (χ1) is 13.7. The second-order valence-electron chi connectivity index (χ2n) is 8.12. The van der Waals surface area contributed by atoms with Gasteiger partial charge in [-0.3, -0.25) is 0 Å². The zero-order valence-electron chi connectivity index (χ0n) is 17.2. The van der Waals surface area contributed by atoms with E-state index in [1.165, 1.54) is 43.2 Å². The lowest BCUT2D eigenvalue weighted by Crippen LogP contribution is -2.04. The molecule has 0 aliphatic heterocycles. The summed E-state index contributed by atoms with van der Waals surface area (Å²) in [5, 5.41) is 20.3. The quantitative estimate of drug-likeness (QED) is 0.448. The van der Waals surface area contributed by atoms with E-state index in [2.05, 4.69) is 31.2 Å². The number of rotatable bonds is 9. The van der Waals surface area contributed by atoms with Crippen LogP contribution >= 0.6 is 0 Å². The molecule has 28 heavy (non-hydrogen) atoms. The van der Waals surface area contributed by atoms with E-state index < -0.39 is 0 Å². The average molecular weight is 379 g/mol. The minimum atomic E-state index is 0.322. The molecule has 0 aromatic heterocycles. The fourth-order valence-corrected chi connectivity index (χ4v) is 4.28.